The molecule has 1 aromatic carbocycles. The Morgan fingerprint density at radius 1 is 1.30 bits per heavy atom. The number of anilines is 1. The summed E-state index contributed by atoms with van der Waals surface area (Å²) in [6.45, 7) is 4.64. The second-order valence-corrected chi connectivity index (χ2v) is 6.99. The van der Waals surface area contributed by atoms with Crippen LogP contribution >= 0.6 is 24.0 Å². The molecule has 0 aliphatic rings. The van der Waals surface area contributed by atoms with Gasteiger partial charge in [0, 0.05) is 25.2 Å². The average molecular weight is 384 g/mol. The van der Waals surface area contributed by atoms with Crippen molar-refractivity contribution in [2.75, 3.05) is 25.0 Å². The molecule has 3 N–H and O–H groups in total. The Labute approximate surface area is 148 Å². The fourth-order valence-corrected chi connectivity index (χ4v) is 3.93. The Bertz CT molecular complexity index is 620. The van der Waals surface area contributed by atoms with E-state index in [2.05, 4.69) is 5.32 Å². The normalized spacial score (nSPS) is 11.2. The zero-order valence-electron chi connectivity index (χ0n) is 13.2. The number of carbonyl (C=O) groups is 1. The zero-order chi connectivity index (χ0) is 16.8. The molecule has 0 saturated carbocycles. The highest BCUT2D eigenvalue weighted by molar-refractivity contribution is 7.89. The van der Waals surface area contributed by atoms with Crippen molar-refractivity contribution in [2.24, 2.45) is 5.73 Å². The van der Waals surface area contributed by atoms with E-state index >= 15 is 0 Å². The maximum absolute atomic E-state index is 12.5. The molecule has 0 aliphatic heterocycles. The van der Waals surface area contributed by atoms with Crippen LogP contribution in [0.3, 0.4) is 0 Å². The van der Waals surface area contributed by atoms with Gasteiger partial charge in [0.05, 0.1) is 5.02 Å². The van der Waals surface area contributed by atoms with Crippen LogP contribution in [-0.4, -0.2) is 38.3 Å². The van der Waals surface area contributed by atoms with Gasteiger partial charge in [-0.05, 0) is 31.2 Å². The lowest BCUT2D eigenvalue weighted by atomic mass is 10.2. The topological polar surface area (TPSA) is 92.5 Å². The van der Waals surface area contributed by atoms with Crippen LogP contribution < -0.4 is 11.1 Å². The summed E-state index contributed by atoms with van der Waals surface area (Å²) >= 11 is 6.02. The third-order valence-corrected chi connectivity index (χ3v) is 5.68. The lowest BCUT2D eigenvalue weighted by Gasteiger charge is -2.19. The number of benzene rings is 1. The number of nitrogens with one attached hydrogen (secondary N) is 1. The Morgan fingerprint density at radius 3 is 2.43 bits per heavy atom. The molecule has 0 heterocycles. The largest absolute Gasteiger partial charge is 0.330 e. The molecule has 1 aromatic rings. The Kier molecular flexibility index (Phi) is 9.72. The third kappa shape index (κ3) is 5.93. The number of rotatable bonds is 8. The van der Waals surface area contributed by atoms with Crippen molar-refractivity contribution in [2.45, 2.75) is 31.6 Å². The van der Waals surface area contributed by atoms with E-state index in [-0.39, 0.29) is 34.7 Å². The van der Waals surface area contributed by atoms with Gasteiger partial charge >= 0.3 is 0 Å². The predicted octanol–water partition coefficient (Wildman–Crippen LogP) is 2.47. The molecule has 0 saturated heterocycles. The van der Waals surface area contributed by atoms with Crippen molar-refractivity contribution < 1.29 is 13.2 Å². The monoisotopic (exact) mass is 383 g/mol. The average Bonchev–Trinajstić information content (AvgIpc) is 2.48. The van der Waals surface area contributed by atoms with Crippen LogP contribution in [0.25, 0.3) is 0 Å². The van der Waals surface area contributed by atoms with Gasteiger partial charge in [0.25, 0.3) is 0 Å². The van der Waals surface area contributed by atoms with E-state index in [1.807, 2.05) is 0 Å². The first-order valence-corrected chi connectivity index (χ1v) is 8.98. The minimum atomic E-state index is -3.68. The summed E-state index contributed by atoms with van der Waals surface area (Å²) in [6, 6.07) is 4.43. The maximum Gasteiger partial charge on any atom is 0.244 e. The molecule has 1 rings (SSSR count). The van der Waals surface area contributed by atoms with Crippen molar-refractivity contribution >= 4 is 45.6 Å². The highest BCUT2D eigenvalue weighted by Crippen LogP contribution is 2.27. The van der Waals surface area contributed by atoms with E-state index in [9.17, 15) is 13.2 Å². The molecule has 0 spiro atoms. The first-order valence-electron chi connectivity index (χ1n) is 7.16. The number of amides is 1. The van der Waals surface area contributed by atoms with Gasteiger partial charge in [0.2, 0.25) is 15.9 Å². The molecule has 23 heavy (non-hydrogen) atoms. The SMILES string of the molecule is CCN(CC)S(=O)(=O)c1cc(NC(=O)CCCN)ccc1Cl.Cl. The summed E-state index contributed by atoms with van der Waals surface area (Å²) in [5.74, 6) is -0.209. The molecule has 0 aliphatic carbocycles. The van der Waals surface area contributed by atoms with E-state index in [1.54, 1.807) is 19.9 Å². The van der Waals surface area contributed by atoms with Crippen LogP contribution in [0.15, 0.2) is 23.1 Å². The molecule has 0 bridgehead atoms. The molecule has 0 aromatic heterocycles. The lowest BCUT2D eigenvalue weighted by molar-refractivity contribution is -0.116. The van der Waals surface area contributed by atoms with Gasteiger partial charge in [-0.1, -0.05) is 25.4 Å². The minimum absolute atomic E-state index is 0. The quantitative estimate of drug-likeness (QED) is 0.720. The number of nitrogens with zero attached hydrogens (tertiary/aromatic N) is 1. The fraction of sp³-hybridized carbons (Fsp3) is 0.500. The first kappa shape index (κ1) is 22.1. The van der Waals surface area contributed by atoms with Crippen LogP contribution in [0.4, 0.5) is 5.69 Å². The van der Waals surface area contributed by atoms with E-state index < -0.39 is 10.0 Å². The zero-order valence-corrected chi connectivity index (χ0v) is 15.6. The highest BCUT2D eigenvalue weighted by Gasteiger charge is 2.24. The van der Waals surface area contributed by atoms with Gasteiger partial charge in [0.15, 0.2) is 0 Å². The molecule has 0 atom stereocenters. The van der Waals surface area contributed by atoms with E-state index in [4.69, 9.17) is 17.3 Å². The first-order chi connectivity index (χ1) is 10.4. The number of carbonyl (C=O) groups excluding carboxylic acids is 1. The van der Waals surface area contributed by atoms with Gasteiger partial charge in [-0.2, -0.15) is 4.31 Å². The molecular weight excluding hydrogens is 361 g/mol. The fourth-order valence-electron chi connectivity index (χ4n) is 1.97. The second kappa shape index (κ2) is 10.1. The Hall–Kier alpha value is -0.860. The number of hydrogen-bond acceptors (Lipinski definition) is 4. The van der Waals surface area contributed by atoms with Crippen LogP contribution in [0.1, 0.15) is 26.7 Å². The Balaban J connectivity index is 0.00000484. The lowest BCUT2D eigenvalue weighted by Crippen LogP contribution is -2.30. The summed E-state index contributed by atoms with van der Waals surface area (Å²) in [7, 11) is -3.68. The molecule has 6 nitrogen and oxygen atoms in total. The Morgan fingerprint density at radius 2 is 1.91 bits per heavy atom. The van der Waals surface area contributed by atoms with E-state index in [0.29, 0.717) is 31.7 Å². The number of nitrogens with two attached hydrogens (primary N) is 1. The summed E-state index contributed by atoms with van der Waals surface area (Å²) in [5, 5.41) is 2.79. The van der Waals surface area contributed by atoms with Gasteiger partial charge < -0.3 is 11.1 Å². The van der Waals surface area contributed by atoms with Gasteiger partial charge in [-0.3, -0.25) is 4.79 Å². The number of sulfonamides is 1. The van der Waals surface area contributed by atoms with Crippen LogP contribution in [0, 0.1) is 0 Å². The molecule has 0 fully saturated rings. The van der Waals surface area contributed by atoms with Gasteiger partial charge in [-0.15, -0.1) is 12.4 Å². The van der Waals surface area contributed by atoms with Crippen LogP contribution in [0.2, 0.25) is 5.02 Å². The summed E-state index contributed by atoms with van der Waals surface area (Å²) in [6.07, 6.45) is 0.862. The highest BCUT2D eigenvalue weighted by atomic mass is 35.5. The van der Waals surface area contributed by atoms with E-state index in [1.165, 1.54) is 16.4 Å². The smallest absolute Gasteiger partial charge is 0.244 e. The van der Waals surface area contributed by atoms with Gasteiger partial charge in [0.1, 0.15) is 4.90 Å². The van der Waals surface area contributed by atoms with Crippen LogP contribution in [-0.2, 0) is 14.8 Å². The van der Waals surface area contributed by atoms with E-state index in [0.717, 1.165) is 0 Å². The maximum atomic E-state index is 12.5. The summed E-state index contributed by atoms with van der Waals surface area (Å²) in [4.78, 5) is 11.7. The van der Waals surface area contributed by atoms with Crippen molar-refractivity contribution in [3.8, 4) is 0 Å². The van der Waals surface area contributed by atoms with Crippen molar-refractivity contribution in [1.82, 2.24) is 4.31 Å². The summed E-state index contributed by atoms with van der Waals surface area (Å²) < 4.78 is 26.4. The van der Waals surface area contributed by atoms with Gasteiger partial charge in [-0.25, -0.2) is 8.42 Å². The molecule has 1 amide bonds. The number of halogens is 2. The molecule has 132 valence electrons. The molecular formula is C14H23Cl2N3O3S. The van der Waals surface area contributed by atoms with Crippen molar-refractivity contribution in [1.29, 1.82) is 0 Å². The van der Waals surface area contributed by atoms with Crippen molar-refractivity contribution in [3.63, 3.8) is 0 Å². The number of hydrogen-bond donors (Lipinski definition) is 2. The molecule has 0 unspecified atom stereocenters. The molecule has 0 radical (unpaired) electrons. The minimum Gasteiger partial charge on any atom is -0.330 e. The predicted molar refractivity (Wildman–Crippen MR) is 95.7 cm³/mol. The summed E-state index contributed by atoms with van der Waals surface area (Å²) in [5.41, 5.74) is 5.75. The second-order valence-electron chi connectivity index (χ2n) is 4.67. The van der Waals surface area contributed by atoms with Crippen molar-refractivity contribution in [3.05, 3.63) is 23.2 Å². The van der Waals surface area contributed by atoms with Crippen LogP contribution in [0.5, 0.6) is 0 Å². The molecule has 9 heteroatoms. The standard InChI is InChI=1S/C14H22ClN3O3S.ClH/c1-3-18(4-2)22(20,21)13-10-11(7-8-12(13)15)17-14(19)6-5-9-16;/h7-8,10H,3-6,9,16H2,1-2H3,(H,17,19);1H. The third-order valence-electron chi connectivity index (χ3n) is 3.15.